The molecule has 3 aliphatic rings. The van der Waals surface area contributed by atoms with Gasteiger partial charge in [0.05, 0.1) is 11.1 Å². The van der Waals surface area contributed by atoms with Crippen molar-refractivity contribution in [3.05, 3.63) is 58.9 Å². The Morgan fingerprint density at radius 2 is 1.73 bits per heavy atom. The Balaban J connectivity index is 1.03. The van der Waals surface area contributed by atoms with E-state index in [9.17, 15) is 24.0 Å². The molecule has 45 heavy (non-hydrogen) atoms. The molecule has 1 atom stereocenters. The molecule has 240 valence electrons. The van der Waals surface area contributed by atoms with E-state index in [0.29, 0.717) is 6.04 Å². The Hall–Kier alpha value is -4.16. The number of nitrogens with two attached hydrogens (primary N) is 1. The number of amides is 5. The average Bonchev–Trinajstić information content (AvgIpc) is 3.29. The number of nitrogens with one attached hydrogen (secondary N) is 2. The van der Waals surface area contributed by atoms with Gasteiger partial charge in [-0.3, -0.25) is 39.2 Å². The van der Waals surface area contributed by atoms with E-state index in [-0.39, 0.29) is 42.9 Å². The van der Waals surface area contributed by atoms with E-state index < -0.39 is 35.6 Å². The summed E-state index contributed by atoms with van der Waals surface area (Å²) in [7, 11) is 0. The molecule has 2 aromatic rings. The second-order valence-corrected chi connectivity index (χ2v) is 12.1. The number of ether oxygens (including phenoxy) is 1. The zero-order valence-corrected chi connectivity index (χ0v) is 25.6. The lowest BCUT2D eigenvalue weighted by molar-refractivity contribution is -0.136. The van der Waals surface area contributed by atoms with Gasteiger partial charge in [-0.05, 0) is 81.4 Å². The lowest BCUT2D eigenvalue weighted by atomic mass is 10.0. The molecule has 5 rings (SSSR count). The van der Waals surface area contributed by atoms with Crippen molar-refractivity contribution in [2.24, 2.45) is 5.73 Å². The Morgan fingerprint density at radius 1 is 0.978 bits per heavy atom. The Kier molecular flexibility index (Phi) is 10.9. The fourth-order valence-corrected chi connectivity index (χ4v) is 6.15. The van der Waals surface area contributed by atoms with Crippen LogP contribution in [-0.2, 0) is 27.3 Å². The maximum atomic E-state index is 13.2. The van der Waals surface area contributed by atoms with Crippen LogP contribution in [0.5, 0.6) is 5.75 Å². The molecule has 5 amide bonds. The van der Waals surface area contributed by atoms with E-state index in [1.807, 2.05) is 12.3 Å². The van der Waals surface area contributed by atoms with Crippen LogP contribution in [0.2, 0.25) is 0 Å². The number of nitrogens with zero attached hydrogens (tertiary/aromatic N) is 3. The SMILES string of the molecule is NC1CCN(CCCCCCCc2cncc(CNC(=O)COc3cccc4c3C(=O)N(C3CCC(=O)NC3=O)C4=O)c2)CC1. The van der Waals surface area contributed by atoms with Crippen molar-refractivity contribution in [2.75, 3.05) is 26.2 Å². The molecule has 0 radical (unpaired) electrons. The Labute approximate surface area is 263 Å². The van der Waals surface area contributed by atoms with Crippen molar-refractivity contribution in [3.8, 4) is 5.75 Å². The van der Waals surface area contributed by atoms with E-state index in [1.54, 1.807) is 12.3 Å². The first-order chi connectivity index (χ1) is 21.8. The first kappa shape index (κ1) is 32.2. The normalized spacial score (nSPS) is 19.0. The largest absolute Gasteiger partial charge is 0.483 e. The highest BCUT2D eigenvalue weighted by Gasteiger charge is 2.46. The van der Waals surface area contributed by atoms with Crippen LogP contribution in [0.25, 0.3) is 0 Å². The van der Waals surface area contributed by atoms with Crippen molar-refractivity contribution in [1.29, 1.82) is 0 Å². The number of fused-ring (bicyclic) bond motifs is 1. The Morgan fingerprint density at radius 3 is 2.53 bits per heavy atom. The fourth-order valence-electron chi connectivity index (χ4n) is 6.15. The highest BCUT2D eigenvalue weighted by Crippen LogP contribution is 2.33. The number of aromatic nitrogens is 1. The highest BCUT2D eigenvalue weighted by atomic mass is 16.5. The lowest BCUT2D eigenvalue weighted by Crippen LogP contribution is -2.54. The quantitative estimate of drug-likeness (QED) is 0.212. The standard InChI is InChI=1S/C33H42N6O6/c34-24-12-15-38(16-13-24)14-5-3-1-2-4-7-22-17-23(19-35-18-22)20-36-29(41)21-45-27-9-6-8-25-30(27)33(44)39(32(25)43)26-10-11-28(40)37-31(26)42/h6,8-9,17-19,24,26H,1-5,7,10-16,20-21,34H2,(H,36,41)(H,37,40,42). The van der Waals surface area contributed by atoms with Crippen LogP contribution in [0.3, 0.4) is 0 Å². The smallest absolute Gasteiger partial charge is 0.266 e. The van der Waals surface area contributed by atoms with E-state index in [4.69, 9.17) is 10.5 Å². The molecule has 0 saturated carbocycles. The number of likely N-dealkylation sites (tertiary alicyclic amines) is 1. The van der Waals surface area contributed by atoms with Crippen molar-refractivity contribution >= 4 is 29.5 Å². The summed E-state index contributed by atoms with van der Waals surface area (Å²) < 4.78 is 5.66. The zero-order valence-electron chi connectivity index (χ0n) is 25.6. The van der Waals surface area contributed by atoms with Gasteiger partial charge in [-0.25, -0.2) is 0 Å². The summed E-state index contributed by atoms with van der Waals surface area (Å²) in [6, 6.07) is 5.88. The van der Waals surface area contributed by atoms with Crippen molar-refractivity contribution in [3.63, 3.8) is 0 Å². The number of piperidine rings is 2. The topological polar surface area (TPSA) is 164 Å². The number of carbonyl (C=O) groups is 5. The van der Waals surface area contributed by atoms with Gasteiger partial charge in [0.15, 0.2) is 6.61 Å². The maximum absolute atomic E-state index is 13.2. The third kappa shape index (κ3) is 8.31. The summed E-state index contributed by atoms with van der Waals surface area (Å²) in [5, 5.41) is 4.98. The summed E-state index contributed by atoms with van der Waals surface area (Å²) >= 11 is 0. The Bertz CT molecular complexity index is 1420. The van der Waals surface area contributed by atoms with Crippen LogP contribution in [-0.4, -0.2) is 82.6 Å². The summed E-state index contributed by atoms with van der Waals surface area (Å²) in [5.74, 6) is -2.77. The van der Waals surface area contributed by atoms with Crippen LogP contribution in [0, 0.1) is 0 Å². The van der Waals surface area contributed by atoms with E-state index in [2.05, 4.69) is 20.5 Å². The van der Waals surface area contributed by atoms with Crippen LogP contribution < -0.4 is 21.1 Å². The van der Waals surface area contributed by atoms with Crippen LogP contribution in [0.4, 0.5) is 0 Å². The number of imide groups is 2. The van der Waals surface area contributed by atoms with Gasteiger partial charge in [0.1, 0.15) is 11.8 Å². The molecule has 0 spiro atoms. The minimum atomic E-state index is -1.08. The van der Waals surface area contributed by atoms with Gasteiger partial charge in [0, 0.05) is 31.4 Å². The zero-order chi connectivity index (χ0) is 31.8. The predicted octanol–water partition coefficient (Wildman–Crippen LogP) is 2.09. The second kappa shape index (κ2) is 15.2. The first-order valence-electron chi connectivity index (χ1n) is 15.9. The molecular weight excluding hydrogens is 576 g/mol. The molecule has 2 saturated heterocycles. The van der Waals surface area contributed by atoms with E-state index in [0.717, 1.165) is 54.8 Å². The molecular formula is C33H42N6O6. The third-order valence-corrected chi connectivity index (χ3v) is 8.70. The van der Waals surface area contributed by atoms with Gasteiger partial charge in [-0.15, -0.1) is 0 Å². The molecule has 3 aliphatic heterocycles. The number of benzene rings is 1. The second-order valence-electron chi connectivity index (χ2n) is 12.1. The van der Waals surface area contributed by atoms with Crippen LogP contribution >= 0.6 is 0 Å². The fraction of sp³-hybridized carbons (Fsp3) is 0.515. The number of rotatable bonds is 14. The van der Waals surface area contributed by atoms with Gasteiger partial charge < -0.3 is 20.7 Å². The van der Waals surface area contributed by atoms with Crippen molar-refractivity contribution in [1.82, 2.24) is 25.4 Å². The molecule has 4 heterocycles. The predicted molar refractivity (Wildman–Crippen MR) is 165 cm³/mol. The van der Waals surface area contributed by atoms with Gasteiger partial charge in [0.2, 0.25) is 11.8 Å². The molecule has 0 aliphatic carbocycles. The van der Waals surface area contributed by atoms with Gasteiger partial charge in [-0.1, -0.05) is 31.4 Å². The summed E-state index contributed by atoms with van der Waals surface area (Å²) in [5.41, 5.74) is 8.09. The maximum Gasteiger partial charge on any atom is 0.266 e. The molecule has 12 heteroatoms. The van der Waals surface area contributed by atoms with Crippen LogP contribution in [0.1, 0.15) is 89.6 Å². The van der Waals surface area contributed by atoms with Gasteiger partial charge >= 0.3 is 0 Å². The first-order valence-corrected chi connectivity index (χ1v) is 15.9. The number of hydrogen-bond acceptors (Lipinski definition) is 9. The summed E-state index contributed by atoms with van der Waals surface area (Å²) in [4.78, 5) is 70.4. The van der Waals surface area contributed by atoms with Crippen molar-refractivity contribution < 1.29 is 28.7 Å². The molecule has 1 aromatic carbocycles. The molecule has 1 unspecified atom stereocenters. The van der Waals surface area contributed by atoms with E-state index in [1.165, 1.54) is 44.4 Å². The number of carbonyl (C=O) groups excluding carboxylic acids is 5. The number of unbranched alkanes of at least 4 members (excludes halogenated alkanes) is 4. The lowest BCUT2D eigenvalue weighted by Gasteiger charge is -2.29. The van der Waals surface area contributed by atoms with Crippen molar-refractivity contribution in [2.45, 2.75) is 82.8 Å². The van der Waals surface area contributed by atoms with Crippen LogP contribution in [0.15, 0.2) is 36.7 Å². The molecule has 1 aromatic heterocycles. The average molecular weight is 619 g/mol. The monoisotopic (exact) mass is 618 g/mol. The molecule has 4 N–H and O–H groups in total. The molecule has 12 nitrogen and oxygen atoms in total. The molecule has 2 fully saturated rings. The highest BCUT2D eigenvalue weighted by molar-refractivity contribution is 6.24. The van der Waals surface area contributed by atoms with E-state index >= 15 is 0 Å². The summed E-state index contributed by atoms with van der Waals surface area (Å²) in [6.07, 6.45) is 12.8. The van der Waals surface area contributed by atoms with Gasteiger partial charge in [0.25, 0.3) is 17.7 Å². The number of aryl methyl sites for hydroxylation is 1. The number of pyridine rings is 1. The third-order valence-electron chi connectivity index (χ3n) is 8.70. The summed E-state index contributed by atoms with van der Waals surface area (Å²) in [6.45, 7) is 3.34. The minimum Gasteiger partial charge on any atom is -0.483 e. The molecule has 0 bridgehead atoms. The van der Waals surface area contributed by atoms with Gasteiger partial charge in [-0.2, -0.15) is 0 Å². The minimum absolute atomic E-state index is 0.00380. The number of hydrogen-bond donors (Lipinski definition) is 3.